The second-order valence-electron chi connectivity index (χ2n) is 9.20. The first-order chi connectivity index (χ1) is 16.7. The second kappa shape index (κ2) is 10.6. The van der Waals surface area contributed by atoms with Crippen LogP contribution in [0, 0.1) is 6.92 Å². The molecule has 7 nitrogen and oxygen atoms in total. The Kier molecular flexibility index (Phi) is 7.59. The van der Waals surface area contributed by atoms with E-state index in [0.717, 1.165) is 56.5 Å². The fourth-order valence-electron chi connectivity index (χ4n) is 4.50. The molecule has 0 radical (unpaired) electrons. The van der Waals surface area contributed by atoms with Crippen LogP contribution in [-0.4, -0.2) is 59.5 Å². The molecule has 1 saturated heterocycles. The number of carbonyl (C=O) groups excluding carboxylic acids is 2. The van der Waals surface area contributed by atoms with E-state index >= 15 is 0 Å². The molecule has 1 aliphatic carbocycles. The summed E-state index contributed by atoms with van der Waals surface area (Å²) in [5.74, 6) is -0.426. The van der Waals surface area contributed by atoms with Gasteiger partial charge < -0.3 is 15.4 Å². The third-order valence-electron chi connectivity index (χ3n) is 6.47. The van der Waals surface area contributed by atoms with Crippen LogP contribution in [0.2, 0.25) is 0 Å². The molecule has 2 fully saturated rings. The van der Waals surface area contributed by atoms with Crippen molar-refractivity contribution in [1.82, 2.24) is 20.5 Å². The molecule has 2 amide bonds. The van der Waals surface area contributed by atoms with E-state index in [1.165, 1.54) is 12.1 Å². The van der Waals surface area contributed by atoms with Crippen LogP contribution in [0.15, 0.2) is 42.6 Å². The normalized spacial score (nSPS) is 21.1. The summed E-state index contributed by atoms with van der Waals surface area (Å²) in [7, 11) is 0. The Labute approximate surface area is 202 Å². The maximum absolute atomic E-state index is 12.8. The topological polar surface area (TPSA) is 83.6 Å². The average molecular weight is 491 g/mol. The number of benzene rings is 1. The van der Waals surface area contributed by atoms with Crippen molar-refractivity contribution in [1.29, 1.82) is 0 Å². The summed E-state index contributed by atoms with van der Waals surface area (Å²) < 4.78 is 44.4. The van der Waals surface area contributed by atoms with Gasteiger partial charge in [-0.3, -0.25) is 14.5 Å². The molecule has 2 aromatic rings. The fraction of sp³-hybridized carbons (Fsp3) is 0.480. The largest absolute Gasteiger partial charge is 0.474 e. The minimum atomic E-state index is -4.53. The molecule has 1 saturated carbocycles. The average Bonchev–Trinajstić information content (AvgIpc) is 2.81. The molecule has 0 unspecified atom stereocenters. The lowest BCUT2D eigenvalue weighted by molar-refractivity contribution is -0.137. The summed E-state index contributed by atoms with van der Waals surface area (Å²) in [5.41, 5.74) is 0.0512. The molecule has 0 atom stereocenters. The van der Waals surface area contributed by atoms with Crippen LogP contribution in [0.25, 0.3) is 0 Å². The van der Waals surface area contributed by atoms with Crippen molar-refractivity contribution in [3.8, 4) is 5.88 Å². The van der Waals surface area contributed by atoms with Crippen molar-refractivity contribution in [3.63, 3.8) is 0 Å². The predicted molar refractivity (Wildman–Crippen MR) is 123 cm³/mol. The highest BCUT2D eigenvalue weighted by Crippen LogP contribution is 2.30. The van der Waals surface area contributed by atoms with Gasteiger partial charge >= 0.3 is 6.18 Å². The summed E-state index contributed by atoms with van der Waals surface area (Å²) in [6, 6.07) is 8.45. The van der Waals surface area contributed by atoms with Crippen LogP contribution in [0.4, 0.5) is 13.2 Å². The van der Waals surface area contributed by atoms with Crippen LogP contribution in [0.5, 0.6) is 5.88 Å². The lowest BCUT2D eigenvalue weighted by Gasteiger charge is -2.46. The molecule has 1 aliphatic heterocycles. The van der Waals surface area contributed by atoms with Gasteiger partial charge in [-0.15, -0.1) is 0 Å². The molecular weight excluding hydrogens is 461 g/mol. The Morgan fingerprint density at radius 1 is 1.11 bits per heavy atom. The fourth-order valence-corrected chi connectivity index (χ4v) is 4.50. The minimum Gasteiger partial charge on any atom is -0.474 e. The zero-order chi connectivity index (χ0) is 25.0. The summed E-state index contributed by atoms with van der Waals surface area (Å²) in [4.78, 5) is 31.0. The van der Waals surface area contributed by atoms with Crippen molar-refractivity contribution in [2.45, 2.75) is 57.0 Å². The molecule has 1 aromatic heterocycles. The van der Waals surface area contributed by atoms with Crippen LogP contribution < -0.4 is 15.4 Å². The first-order valence-electron chi connectivity index (χ1n) is 11.8. The SMILES string of the molecule is Cc1ccc(OC2CCC(N3CC(NC(=O)CNC(=O)c4cccc(C(F)(F)F)c4)C3)CC2)nc1. The van der Waals surface area contributed by atoms with Crippen LogP contribution in [0.3, 0.4) is 0 Å². The molecule has 35 heavy (non-hydrogen) atoms. The quantitative estimate of drug-likeness (QED) is 0.622. The Hall–Kier alpha value is -3.14. The standard InChI is InChI=1S/C25H29F3N4O3/c1-16-5-10-23(29-12-16)35-21-8-6-20(7-9-21)32-14-19(15-32)31-22(33)13-30-24(34)17-3-2-4-18(11-17)25(26,27)28/h2-5,10-12,19-21H,6-9,13-15H2,1H3,(H,30,34)(H,31,33). The number of rotatable bonds is 7. The van der Waals surface area contributed by atoms with Gasteiger partial charge in [0.25, 0.3) is 5.91 Å². The number of halogens is 3. The summed E-state index contributed by atoms with van der Waals surface area (Å²) in [5, 5.41) is 5.25. The van der Waals surface area contributed by atoms with Gasteiger partial charge in [0.1, 0.15) is 6.10 Å². The molecular formula is C25H29F3N4O3. The first kappa shape index (κ1) is 25.0. The highest BCUT2D eigenvalue weighted by atomic mass is 19.4. The number of amides is 2. The molecule has 10 heteroatoms. The van der Waals surface area contributed by atoms with E-state index in [2.05, 4.69) is 20.5 Å². The van der Waals surface area contributed by atoms with Crippen molar-refractivity contribution in [2.75, 3.05) is 19.6 Å². The summed E-state index contributed by atoms with van der Waals surface area (Å²) in [6.07, 6.45) is 1.37. The molecule has 2 heterocycles. The third kappa shape index (κ3) is 6.72. The van der Waals surface area contributed by atoms with E-state index in [1.54, 1.807) is 6.20 Å². The Bertz CT molecular complexity index is 1030. The van der Waals surface area contributed by atoms with E-state index in [-0.39, 0.29) is 30.2 Å². The van der Waals surface area contributed by atoms with Gasteiger partial charge in [-0.1, -0.05) is 12.1 Å². The van der Waals surface area contributed by atoms with Gasteiger partial charge in [0.05, 0.1) is 18.2 Å². The minimum absolute atomic E-state index is 0.00121. The molecule has 0 spiro atoms. The van der Waals surface area contributed by atoms with Crippen molar-refractivity contribution < 1.29 is 27.5 Å². The summed E-state index contributed by atoms with van der Waals surface area (Å²) >= 11 is 0. The van der Waals surface area contributed by atoms with Gasteiger partial charge in [0.15, 0.2) is 0 Å². The van der Waals surface area contributed by atoms with Gasteiger partial charge in [0.2, 0.25) is 11.8 Å². The highest BCUT2D eigenvalue weighted by molar-refractivity contribution is 5.96. The zero-order valence-electron chi connectivity index (χ0n) is 19.5. The molecule has 0 bridgehead atoms. The van der Waals surface area contributed by atoms with Gasteiger partial charge in [-0.25, -0.2) is 4.98 Å². The maximum atomic E-state index is 12.8. The zero-order valence-corrected chi connectivity index (χ0v) is 19.5. The number of ether oxygens (including phenoxy) is 1. The number of hydrogen-bond donors (Lipinski definition) is 2. The molecule has 4 rings (SSSR count). The number of nitrogens with one attached hydrogen (secondary N) is 2. The lowest BCUT2D eigenvalue weighted by Crippen LogP contribution is -2.63. The van der Waals surface area contributed by atoms with E-state index in [4.69, 9.17) is 4.74 Å². The number of hydrogen-bond acceptors (Lipinski definition) is 5. The second-order valence-corrected chi connectivity index (χ2v) is 9.20. The van der Waals surface area contributed by atoms with E-state index in [0.29, 0.717) is 11.9 Å². The Balaban J connectivity index is 1.13. The highest BCUT2D eigenvalue weighted by Gasteiger charge is 2.36. The van der Waals surface area contributed by atoms with Crippen molar-refractivity contribution >= 4 is 11.8 Å². The number of pyridine rings is 1. The maximum Gasteiger partial charge on any atom is 0.416 e. The van der Waals surface area contributed by atoms with E-state index < -0.39 is 17.6 Å². The van der Waals surface area contributed by atoms with Gasteiger partial charge in [-0.05, 0) is 56.4 Å². The molecule has 2 N–H and O–H groups in total. The van der Waals surface area contributed by atoms with Crippen LogP contribution in [0.1, 0.15) is 47.2 Å². The smallest absolute Gasteiger partial charge is 0.416 e. The Morgan fingerprint density at radius 2 is 1.86 bits per heavy atom. The number of aromatic nitrogens is 1. The summed E-state index contributed by atoms with van der Waals surface area (Å²) in [6.45, 7) is 3.18. The molecule has 2 aliphatic rings. The number of aryl methyl sites for hydroxylation is 1. The first-order valence-corrected chi connectivity index (χ1v) is 11.8. The van der Waals surface area contributed by atoms with E-state index in [1.807, 2.05) is 19.1 Å². The van der Waals surface area contributed by atoms with Crippen LogP contribution >= 0.6 is 0 Å². The number of likely N-dealkylation sites (tertiary alicyclic amines) is 1. The van der Waals surface area contributed by atoms with Crippen molar-refractivity contribution in [3.05, 3.63) is 59.3 Å². The number of carbonyl (C=O) groups is 2. The Morgan fingerprint density at radius 3 is 2.51 bits per heavy atom. The van der Waals surface area contributed by atoms with Crippen LogP contribution in [-0.2, 0) is 11.0 Å². The van der Waals surface area contributed by atoms with Gasteiger partial charge in [-0.2, -0.15) is 13.2 Å². The van der Waals surface area contributed by atoms with E-state index in [9.17, 15) is 22.8 Å². The number of nitrogens with zero attached hydrogens (tertiary/aromatic N) is 2. The monoisotopic (exact) mass is 490 g/mol. The number of alkyl halides is 3. The van der Waals surface area contributed by atoms with Gasteiger partial charge in [0, 0.05) is 37.0 Å². The molecule has 1 aromatic carbocycles. The lowest BCUT2D eigenvalue weighted by atomic mass is 9.89. The third-order valence-corrected chi connectivity index (χ3v) is 6.47. The van der Waals surface area contributed by atoms with Crippen molar-refractivity contribution in [2.24, 2.45) is 0 Å². The molecule has 188 valence electrons. The predicted octanol–water partition coefficient (Wildman–Crippen LogP) is 3.33.